The van der Waals surface area contributed by atoms with Gasteiger partial charge in [-0.2, -0.15) is 0 Å². The Kier molecular flexibility index (Phi) is 3.15. The molecular formula is C18H19NO2. The lowest BCUT2D eigenvalue weighted by atomic mass is 10.0. The molecule has 0 amide bonds. The van der Waals surface area contributed by atoms with Crippen molar-refractivity contribution in [1.82, 2.24) is 4.98 Å². The Morgan fingerprint density at radius 1 is 1.24 bits per heavy atom. The van der Waals surface area contributed by atoms with Crippen LogP contribution in [0.4, 0.5) is 0 Å². The van der Waals surface area contributed by atoms with Crippen molar-refractivity contribution in [1.29, 1.82) is 0 Å². The summed E-state index contributed by atoms with van der Waals surface area (Å²) in [4.78, 5) is 4.38. The third-order valence-electron chi connectivity index (χ3n) is 4.74. The number of ether oxygens (including phenoxy) is 2. The van der Waals surface area contributed by atoms with Crippen LogP contribution in [0.5, 0.6) is 5.75 Å². The van der Waals surface area contributed by atoms with E-state index in [2.05, 4.69) is 17.1 Å². The molecule has 2 aromatic rings. The second kappa shape index (κ2) is 5.15. The maximum absolute atomic E-state index is 6.00. The number of hydrogen-bond donors (Lipinski definition) is 0. The highest BCUT2D eigenvalue weighted by atomic mass is 16.5. The van der Waals surface area contributed by atoms with E-state index < -0.39 is 0 Å². The fourth-order valence-corrected chi connectivity index (χ4v) is 3.25. The largest absolute Gasteiger partial charge is 0.493 e. The molecule has 1 aliphatic heterocycles. The van der Waals surface area contributed by atoms with Crippen LogP contribution in [-0.4, -0.2) is 24.8 Å². The van der Waals surface area contributed by atoms with Crippen molar-refractivity contribution in [3.8, 4) is 17.0 Å². The van der Waals surface area contributed by atoms with Crippen molar-refractivity contribution in [3.05, 3.63) is 48.7 Å². The van der Waals surface area contributed by atoms with Gasteiger partial charge in [0.2, 0.25) is 0 Å². The van der Waals surface area contributed by atoms with E-state index in [4.69, 9.17) is 9.47 Å². The van der Waals surface area contributed by atoms with Crippen LogP contribution >= 0.6 is 0 Å². The molecule has 2 unspecified atom stereocenters. The topological polar surface area (TPSA) is 31.4 Å². The molecule has 4 rings (SSSR count). The molecule has 3 heteroatoms. The summed E-state index contributed by atoms with van der Waals surface area (Å²) < 4.78 is 11.5. The molecule has 1 aromatic carbocycles. The van der Waals surface area contributed by atoms with E-state index in [0.29, 0.717) is 11.3 Å². The molecule has 2 aliphatic rings. The van der Waals surface area contributed by atoms with E-state index in [0.717, 1.165) is 36.8 Å². The molecule has 1 saturated carbocycles. The van der Waals surface area contributed by atoms with Gasteiger partial charge in [-0.05, 0) is 37.1 Å². The molecule has 2 atom stereocenters. The zero-order chi connectivity index (χ0) is 14.1. The number of hydrogen-bond acceptors (Lipinski definition) is 3. The highest BCUT2D eigenvalue weighted by molar-refractivity contribution is 5.60. The van der Waals surface area contributed by atoms with Gasteiger partial charge in [-0.3, -0.25) is 4.98 Å². The first-order valence-electron chi connectivity index (χ1n) is 7.58. The van der Waals surface area contributed by atoms with Gasteiger partial charge in [0.25, 0.3) is 0 Å². The standard InChI is InChI=1S/C18H19NO2/c1-2-8-19-17(6-1)14-4-3-5-16(10-14)21-12-15-11-18(15)7-9-20-13-18/h1-6,8,10,15H,7,9,11-13H2. The normalized spacial score (nSPS) is 27.0. The predicted molar refractivity (Wildman–Crippen MR) is 81.1 cm³/mol. The molecule has 0 bridgehead atoms. The second-order valence-corrected chi connectivity index (χ2v) is 6.12. The maximum atomic E-state index is 6.00. The summed E-state index contributed by atoms with van der Waals surface area (Å²) in [5, 5.41) is 0. The highest BCUT2D eigenvalue weighted by Gasteiger charge is 2.56. The van der Waals surface area contributed by atoms with Crippen LogP contribution in [0.25, 0.3) is 11.3 Å². The average molecular weight is 281 g/mol. The van der Waals surface area contributed by atoms with Gasteiger partial charge < -0.3 is 9.47 Å². The first-order valence-corrected chi connectivity index (χ1v) is 7.58. The summed E-state index contributed by atoms with van der Waals surface area (Å²) >= 11 is 0. The maximum Gasteiger partial charge on any atom is 0.119 e. The van der Waals surface area contributed by atoms with E-state index in [1.165, 1.54) is 12.8 Å². The summed E-state index contributed by atoms with van der Waals surface area (Å²) in [6, 6.07) is 14.1. The minimum atomic E-state index is 0.443. The molecule has 108 valence electrons. The molecule has 1 aliphatic carbocycles. The van der Waals surface area contributed by atoms with E-state index in [1.807, 2.05) is 36.5 Å². The van der Waals surface area contributed by atoms with Crippen molar-refractivity contribution in [3.63, 3.8) is 0 Å². The van der Waals surface area contributed by atoms with Crippen molar-refractivity contribution >= 4 is 0 Å². The lowest BCUT2D eigenvalue weighted by molar-refractivity contribution is 0.173. The smallest absolute Gasteiger partial charge is 0.119 e. The van der Waals surface area contributed by atoms with E-state index >= 15 is 0 Å². The Bertz CT molecular complexity index is 620. The van der Waals surface area contributed by atoms with Gasteiger partial charge in [-0.15, -0.1) is 0 Å². The van der Waals surface area contributed by atoms with E-state index in [9.17, 15) is 0 Å². The van der Waals surface area contributed by atoms with Crippen LogP contribution in [0.3, 0.4) is 0 Å². The monoisotopic (exact) mass is 281 g/mol. The zero-order valence-corrected chi connectivity index (χ0v) is 12.0. The SMILES string of the molecule is c1ccc(-c2cccc(OCC3CC34CCOC4)c2)nc1. The number of nitrogens with zero attached hydrogens (tertiary/aromatic N) is 1. The average Bonchev–Trinajstić information content (AvgIpc) is 2.99. The van der Waals surface area contributed by atoms with Crippen LogP contribution in [0.1, 0.15) is 12.8 Å². The summed E-state index contributed by atoms with van der Waals surface area (Å²) in [5.41, 5.74) is 2.52. The van der Waals surface area contributed by atoms with E-state index in [-0.39, 0.29) is 0 Å². The summed E-state index contributed by atoms with van der Waals surface area (Å²) in [5.74, 6) is 1.60. The minimum absolute atomic E-state index is 0.443. The first-order chi connectivity index (χ1) is 10.4. The molecule has 2 fully saturated rings. The Hall–Kier alpha value is -1.87. The Morgan fingerprint density at radius 2 is 2.24 bits per heavy atom. The quantitative estimate of drug-likeness (QED) is 0.858. The molecule has 1 saturated heterocycles. The van der Waals surface area contributed by atoms with Gasteiger partial charge in [0.15, 0.2) is 0 Å². The summed E-state index contributed by atoms with van der Waals surface area (Å²) in [6.07, 6.45) is 4.28. The number of aromatic nitrogens is 1. The van der Waals surface area contributed by atoms with Gasteiger partial charge in [0.05, 0.1) is 18.9 Å². The summed E-state index contributed by atoms with van der Waals surface area (Å²) in [7, 11) is 0. The van der Waals surface area contributed by atoms with Gasteiger partial charge in [-0.1, -0.05) is 18.2 Å². The van der Waals surface area contributed by atoms with Crippen molar-refractivity contribution < 1.29 is 9.47 Å². The van der Waals surface area contributed by atoms with Crippen LogP contribution in [-0.2, 0) is 4.74 Å². The van der Waals surface area contributed by atoms with E-state index in [1.54, 1.807) is 0 Å². The molecule has 1 spiro atoms. The Labute approximate surface area is 124 Å². The van der Waals surface area contributed by atoms with Crippen LogP contribution < -0.4 is 4.74 Å². The van der Waals surface area contributed by atoms with Crippen LogP contribution in [0, 0.1) is 11.3 Å². The molecule has 1 aromatic heterocycles. The third kappa shape index (κ3) is 2.54. The third-order valence-corrected chi connectivity index (χ3v) is 4.74. The van der Waals surface area contributed by atoms with Crippen molar-refractivity contribution in [2.24, 2.45) is 11.3 Å². The van der Waals surface area contributed by atoms with Gasteiger partial charge in [-0.25, -0.2) is 0 Å². The van der Waals surface area contributed by atoms with Crippen LogP contribution in [0.2, 0.25) is 0 Å². The predicted octanol–water partition coefficient (Wildman–Crippen LogP) is 3.55. The van der Waals surface area contributed by atoms with Crippen LogP contribution in [0.15, 0.2) is 48.7 Å². The van der Waals surface area contributed by atoms with Crippen molar-refractivity contribution in [2.75, 3.05) is 19.8 Å². The Morgan fingerprint density at radius 3 is 3.05 bits per heavy atom. The molecule has 2 heterocycles. The number of rotatable bonds is 4. The minimum Gasteiger partial charge on any atom is -0.493 e. The molecule has 0 N–H and O–H groups in total. The lowest BCUT2D eigenvalue weighted by Crippen LogP contribution is -2.09. The molecule has 21 heavy (non-hydrogen) atoms. The van der Waals surface area contributed by atoms with Gasteiger partial charge >= 0.3 is 0 Å². The fraction of sp³-hybridized carbons (Fsp3) is 0.389. The first kappa shape index (κ1) is 12.8. The number of pyridine rings is 1. The number of benzene rings is 1. The second-order valence-electron chi connectivity index (χ2n) is 6.12. The highest BCUT2D eigenvalue weighted by Crippen LogP contribution is 2.57. The lowest BCUT2D eigenvalue weighted by Gasteiger charge is -2.10. The molecule has 0 radical (unpaired) electrons. The summed E-state index contributed by atoms with van der Waals surface area (Å²) in [6.45, 7) is 2.65. The van der Waals surface area contributed by atoms with Crippen molar-refractivity contribution in [2.45, 2.75) is 12.8 Å². The molecular weight excluding hydrogens is 262 g/mol. The Balaban J connectivity index is 1.42. The molecule has 3 nitrogen and oxygen atoms in total. The van der Waals surface area contributed by atoms with Gasteiger partial charge in [0.1, 0.15) is 5.75 Å². The fourth-order valence-electron chi connectivity index (χ4n) is 3.25. The van der Waals surface area contributed by atoms with Gasteiger partial charge in [0, 0.05) is 29.7 Å². The zero-order valence-electron chi connectivity index (χ0n) is 12.0.